The number of esters is 1. The second-order valence-corrected chi connectivity index (χ2v) is 12.1. The maximum absolute atomic E-state index is 13.5. The van der Waals surface area contributed by atoms with Crippen LogP contribution >= 0.6 is 24.0 Å². The minimum absolute atomic E-state index is 0.0962. The quantitative estimate of drug-likeness (QED) is 0.124. The first-order valence-corrected chi connectivity index (χ1v) is 15.9. The van der Waals surface area contributed by atoms with Gasteiger partial charge in [0.25, 0.3) is 11.5 Å². The molecule has 0 spiro atoms. The second kappa shape index (κ2) is 15.4. The van der Waals surface area contributed by atoms with Crippen molar-refractivity contribution in [2.75, 3.05) is 31.1 Å². The van der Waals surface area contributed by atoms with Gasteiger partial charge >= 0.3 is 5.97 Å². The van der Waals surface area contributed by atoms with Crippen molar-refractivity contribution in [2.24, 2.45) is 5.92 Å². The highest BCUT2D eigenvalue weighted by molar-refractivity contribution is 8.26. The average molecular weight is 587 g/mol. The zero-order valence-corrected chi connectivity index (χ0v) is 25.9. The number of piperidine rings is 1. The summed E-state index contributed by atoms with van der Waals surface area (Å²) in [6.45, 7) is 10.4. The van der Waals surface area contributed by atoms with E-state index in [9.17, 15) is 19.6 Å². The number of anilines is 1. The van der Waals surface area contributed by atoms with Crippen molar-refractivity contribution >= 4 is 52.1 Å². The van der Waals surface area contributed by atoms with E-state index in [0.717, 1.165) is 38.5 Å². The molecule has 0 bridgehead atoms. The number of rotatable bonds is 13. The maximum Gasteiger partial charge on any atom is 0.309 e. The SMILES string of the molecule is CCCCCCCN1C(=O)/C(=C\c2c(C)c(C#N)c(=O)n(CCCC)c2N2CCC(C(=O)OCC)CC2)SC1=S. The molecule has 8 nitrogen and oxygen atoms in total. The number of unbranched alkanes of at least 4 members (excludes halogenated alkanes) is 5. The molecule has 3 heterocycles. The van der Waals surface area contributed by atoms with Gasteiger partial charge in [-0.05, 0) is 51.2 Å². The topological polar surface area (TPSA) is 95.6 Å². The number of thiocarbonyl (C=S) groups is 1. The van der Waals surface area contributed by atoms with E-state index in [1.165, 1.54) is 18.2 Å². The molecule has 1 aromatic rings. The average Bonchev–Trinajstić information content (AvgIpc) is 3.21. The minimum Gasteiger partial charge on any atom is -0.466 e. The Hall–Kier alpha value is -2.64. The van der Waals surface area contributed by atoms with E-state index in [1.807, 2.05) is 6.08 Å². The van der Waals surface area contributed by atoms with Gasteiger partial charge < -0.3 is 9.64 Å². The van der Waals surface area contributed by atoms with Crippen molar-refractivity contribution in [1.29, 1.82) is 5.26 Å². The smallest absolute Gasteiger partial charge is 0.309 e. The van der Waals surface area contributed by atoms with Crippen LogP contribution in [-0.2, 0) is 20.9 Å². The van der Waals surface area contributed by atoms with E-state index in [4.69, 9.17) is 17.0 Å². The molecule has 0 saturated carbocycles. The van der Waals surface area contributed by atoms with Crippen molar-refractivity contribution < 1.29 is 14.3 Å². The van der Waals surface area contributed by atoms with Crippen LogP contribution in [0.5, 0.6) is 0 Å². The van der Waals surface area contributed by atoms with Crippen LogP contribution < -0.4 is 10.5 Å². The van der Waals surface area contributed by atoms with E-state index in [0.29, 0.717) is 71.8 Å². The van der Waals surface area contributed by atoms with Crippen molar-refractivity contribution in [3.8, 4) is 6.07 Å². The minimum atomic E-state index is -0.312. The monoisotopic (exact) mass is 586 g/mol. The molecule has 0 unspecified atom stereocenters. The van der Waals surface area contributed by atoms with Gasteiger partial charge in [0.15, 0.2) is 0 Å². The summed E-state index contributed by atoms with van der Waals surface area (Å²) in [5.74, 6) is 0.229. The summed E-state index contributed by atoms with van der Waals surface area (Å²) in [6.07, 6.45) is 10.2. The molecule has 1 aromatic heterocycles. The standard InChI is InChI=1S/C30H42N4O4S2/c1-5-8-10-11-12-16-34-28(36)25(40-30(34)39)19-23-21(4)24(20-31)27(35)33(15-9-6-2)26(23)32-17-13-22(14-18-32)29(37)38-7-3/h19,22H,5-18H2,1-4H3/b25-19+. The molecule has 1 amide bonds. The summed E-state index contributed by atoms with van der Waals surface area (Å²) < 4.78 is 7.48. The number of amides is 1. The fourth-order valence-corrected chi connectivity index (χ4v) is 6.58. The fourth-order valence-electron chi connectivity index (χ4n) is 5.29. The number of nitrogens with zero attached hydrogens (tertiary/aromatic N) is 4. The molecule has 2 aliphatic rings. The van der Waals surface area contributed by atoms with Gasteiger partial charge in [-0.2, -0.15) is 5.26 Å². The van der Waals surface area contributed by atoms with Crippen LogP contribution in [0.15, 0.2) is 9.70 Å². The van der Waals surface area contributed by atoms with Crippen molar-refractivity contribution in [3.05, 3.63) is 31.9 Å². The molecule has 0 N–H and O–H groups in total. The second-order valence-electron chi connectivity index (χ2n) is 10.4. The number of hydrogen-bond donors (Lipinski definition) is 0. The summed E-state index contributed by atoms with van der Waals surface area (Å²) >= 11 is 6.86. The number of hydrogen-bond acceptors (Lipinski definition) is 8. The third kappa shape index (κ3) is 7.35. The summed E-state index contributed by atoms with van der Waals surface area (Å²) in [6, 6.07) is 2.11. The van der Waals surface area contributed by atoms with Gasteiger partial charge in [0.05, 0.1) is 17.4 Å². The lowest BCUT2D eigenvalue weighted by molar-refractivity contribution is -0.148. The molecule has 10 heteroatoms. The number of aromatic nitrogens is 1. The Morgan fingerprint density at radius 2 is 1.75 bits per heavy atom. The summed E-state index contributed by atoms with van der Waals surface area (Å²) in [7, 11) is 0. The van der Waals surface area contributed by atoms with Gasteiger partial charge in [-0.3, -0.25) is 23.9 Å². The molecule has 2 aliphatic heterocycles. The molecule has 2 saturated heterocycles. The van der Waals surface area contributed by atoms with E-state index in [1.54, 1.807) is 23.3 Å². The highest BCUT2D eigenvalue weighted by atomic mass is 32.2. The predicted molar refractivity (Wildman–Crippen MR) is 165 cm³/mol. The Kier molecular flexibility index (Phi) is 12.3. The van der Waals surface area contributed by atoms with Crippen molar-refractivity contribution in [1.82, 2.24) is 9.47 Å². The number of nitriles is 1. The Morgan fingerprint density at radius 1 is 1.07 bits per heavy atom. The van der Waals surface area contributed by atoms with E-state index in [-0.39, 0.29) is 28.9 Å². The molecule has 3 rings (SSSR count). The summed E-state index contributed by atoms with van der Waals surface area (Å²) in [4.78, 5) is 43.6. The van der Waals surface area contributed by atoms with Gasteiger partial charge in [-0.1, -0.05) is 69.9 Å². The molecular weight excluding hydrogens is 544 g/mol. The van der Waals surface area contributed by atoms with Gasteiger partial charge in [-0.25, -0.2) is 0 Å². The molecule has 40 heavy (non-hydrogen) atoms. The first kappa shape index (κ1) is 31.9. The highest BCUT2D eigenvalue weighted by Gasteiger charge is 2.34. The summed E-state index contributed by atoms with van der Waals surface area (Å²) in [5.41, 5.74) is 1.05. The fraction of sp³-hybridized carbons (Fsp3) is 0.633. The summed E-state index contributed by atoms with van der Waals surface area (Å²) in [5, 5.41) is 9.93. The lowest BCUT2D eigenvalue weighted by atomic mass is 9.95. The van der Waals surface area contributed by atoms with Crippen LogP contribution in [0.1, 0.15) is 95.2 Å². The molecule has 218 valence electrons. The van der Waals surface area contributed by atoms with Crippen LogP contribution in [0.25, 0.3) is 6.08 Å². The number of pyridine rings is 1. The van der Waals surface area contributed by atoms with Crippen LogP contribution in [0, 0.1) is 24.2 Å². The Morgan fingerprint density at radius 3 is 2.38 bits per heavy atom. The normalized spacial score (nSPS) is 17.1. The number of ether oxygens (including phenoxy) is 1. The first-order valence-electron chi connectivity index (χ1n) is 14.6. The molecule has 0 atom stereocenters. The molecule has 0 aromatic carbocycles. The Balaban J connectivity index is 2.01. The van der Waals surface area contributed by atoms with Crippen LogP contribution in [0.4, 0.5) is 5.82 Å². The third-order valence-electron chi connectivity index (χ3n) is 7.63. The van der Waals surface area contributed by atoms with Crippen molar-refractivity contribution in [2.45, 2.75) is 92.0 Å². The van der Waals surface area contributed by atoms with Gasteiger partial charge in [-0.15, -0.1) is 0 Å². The Bertz CT molecular complexity index is 1230. The van der Waals surface area contributed by atoms with Gasteiger partial charge in [0, 0.05) is 31.7 Å². The molecule has 0 radical (unpaired) electrons. The highest BCUT2D eigenvalue weighted by Crippen LogP contribution is 2.37. The zero-order chi connectivity index (χ0) is 29.2. The Labute approximate surface area is 247 Å². The van der Waals surface area contributed by atoms with Crippen molar-refractivity contribution in [3.63, 3.8) is 0 Å². The van der Waals surface area contributed by atoms with E-state index in [2.05, 4.69) is 24.8 Å². The first-order chi connectivity index (χ1) is 19.3. The molecular formula is C30H42N4O4S2. The molecule has 2 fully saturated rings. The third-order valence-corrected chi connectivity index (χ3v) is 9.01. The largest absolute Gasteiger partial charge is 0.466 e. The van der Waals surface area contributed by atoms with E-state index < -0.39 is 0 Å². The molecule has 0 aliphatic carbocycles. The predicted octanol–water partition coefficient (Wildman–Crippen LogP) is 5.78. The van der Waals surface area contributed by atoms with Crippen LogP contribution in [0.3, 0.4) is 0 Å². The van der Waals surface area contributed by atoms with Gasteiger partial charge in [0.2, 0.25) is 0 Å². The lowest BCUT2D eigenvalue weighted by Crippen LogP contribution is -2.41. The number of carbonyl (C=O) groups is 2. The van der Waals surface area contributed by atoms with Gasteiger partial charge in [0.1, 0.15) is 21.8 Å². The van der Waals surface area contributed by atoms with Crippen LogP contribution in [-0.4, -0.2) is 51.9 Å². The maximum atomic E-state index is 13.5. The number of thioether (sulfide) groups is 1. The van der Waals surface area contributed by atoms with Crippen LogP contribution in [0.2, 0.25) is 0 Å². The zero-order valence-electron chi connectivity index (χ0n) is 24.3. The number of carbonyl (C=O) groups excluding carboxylic acids is 2. The lowest BCUT2D eigenvalue weighted by Gasteiger charge is -2.35. The van der Waals surface area contributed by atoms with E-state index >= 15 is 0 Å².